The lowest BCUT2D eigenvalue weighted by atomic mass is 10.0. The zero-order valence-electron chi connectivity index (χ0n) is 16.4. The molecule has 1 amide bonds. The van der Waals surface area contributed by atoms with Crippen molar-refractivity contribution >= 4 is 17.7 Å². The molecule has 0 heterocycles. The molecule has 0 saturated carbocycles. The highest BCUT2D eigenvalue weighted by Gasteiger charge is 2.14. The number of ether oxygens (including phenoxy) is 1. The van der Waals surface area contributed by atoms with Gasteiger partial charge in [-0.1, -0.05) is 48.4 Å². The molecular weight excluding hydrogens is 342 g/mol. The van der Waals surface area contributed by atoms with Crippen LogP contribution in [0.25, 0.3) is 0 Å². The minimum atomic E-state index is 0.0360. The fourth-order valence-corrected chi connectivity index (χ4v) is 3.96. The molecule has 0 aliphatic rings. The number of aryl methyl sites for hydroxylation is 3. The maximum Gasteiger partial charge on any atom is 0.230 e. The number of thioether (sulfide) groups is 1. The lowest BCUT2D eigenvalue weighted by Gasteiger charge is -2.19. The molecule has 0 radical (unpaired) electrons. The highest BCUT2D eigenvalue weighted by Crippen LogP contribution is 2.24. The summed E-state index contributed by atoms with van der Waals surface area (Å²) < 4.78 is 5.32. The van der Waals surface area contributed by atoms with E-state index in [0.29, 0.717) is 5.75 Å². The minimum Gasteiger partial charge on any atom is -0.496 e. The van der Waals surface area contributed by atoms with Crippen molar-refractivity contribution in [2.75, 3.05) is 12.9 Å². The molecule has 26 heavy (non-hydrogen) atoms. The highest BCUT2D eigenvalue weighted by molar-refractivity contribution is 7.99. The monoisotopic (exact) mass is 371 g/mol. The van der Waals surface area contributed by atoms with Crippen molar-refractivity contribution in [1.29, 1.82) is 0 Å². The topological polar surface area (TPSA) is 38.3 Å². The summed E-state index contributed by atoms with van der Waals surface area (Å²) in [5.41, 5.74) is 6.02. The second-order valence-electron chi connectivity index (χ2n) is 6.75. The Kier molecular flexibility index (Phi) is 7.58. The fraction of sp³-hybridized carbons (Fsp3) is 0.409. The summed E-state index contributed by atoms with van der Waals surface area (Å²) in [6.45, 7) is 8.33. The van der Waals surface area contributed by atoms with Gasteiger partial charge >= 0.3 is 0 Å². The molecular formula is C22H29NO2S. The van der Waals surface area contributed by atoms with E-state index in [4.69, 9.17) is 4.74 Å². The summed E-state index contributed by atoms with van der Waals surface area (Å²) in [7, 11) is 1.67. The Morgan fingerprint density at radius 2 is 1.81 bits per heavy atom. The number of hydrogen-bond acceptors (Lipinski definition) is 3. The van der Waals surface area contributed by atoms with Crippen molar-refractivity contribution in [3.05, 3.63) is 64.2 Å². The molecule has 0 bridgehead atoms. The number of hydrogen-bond donors (Lipinski definition) is 1. The molecule has 1 unspecified atom stereocenters. The van der Waals surface area contributed by atoms with Crippen LogP contribution in [0.5, 0.6) is 5.75 Å². The third-order valence-electron chi connectivity index (χ3n) is 4.35. The van der Waals surface area contributed by atoms with Crippen LogP contribution in [0.1, 0.15) is 47.2 Å². The summed E-state index contributed by atoms with van der Waals surface area (Å²) in [4.78, 5) is 12.4. The molecule has 1 N–H and O–H groups in total. The SMILES string of the molecule is CCC(NC(=O)CSCc1cc(C)cc(C)c1)c1ccc(OC)c(C)c1. The number of amides is 1. The third-order valence-corrected chi connectivity index (χ3v) is 5.35. The summed E-state index contributed by atoms with van der Waals surface area (Å²) in [5.74, 6) is 2.28. The third kappa shape index (κ3) is 5.80. The maximum absolute atomic E-state index is 12.4. The Hall–Kier alpha value is -1.94. The number of benzene rings is 2. The van der Waals surface area contributed by atoms with Gasteiger partial charge in [-0.15, -0.1) is 11.8 Å². The van der Waals surface area contributed by atoms with Crippen molar-refractivity contribution in [3.63, 3.8) is 0 Å². The van der Waals surface area contributed by atoms with Crippen molar-refractivity contribution < 1.29 is 9.53 Å². The molecule has 0 saturated heterocycles. The van der Waals surface area contributed by atoms with Gasteiger partial charge in [0.15, 0.2) is 0 Å². The van der Waals surface area contributed by atoms with Crippen molar-refractivity contribution in [2.24, 2.45) is 0 Å². The van der Waals surface area contributed by atoms with E-state index in [2.05, 4.69) is 50.4 Å². The van der Waals surface area contributed by atoms with Gasteiger partial charge in [-0.2, -0.15) is 0 Å². The molecule has 4 heteroatoms. The van der Waals surface area contributed by atoms with Gasteiger partial charge < -0.3 is 10.1 Å². The normalized spacial score (nSPS) is 11.9. The number of carbonyl (C=O) groups is 1. The summed E-state index contributed by atoms with van der Waals surface area (Å²) >= 11 is 1.66. The van der Waals surface area contributed by atoms with Gasteiger partial charge in [0.25, 0.3) is 0 Å². The van der Waals surface area contributed by atoms with Crippen molar-refractivity contribution in [1.82, 2.24) is 5.32 Å². The van der Waals surface area contributed by atoms with Crippen molar-refractivity contribution in [3.8, 4) is 5.75 Å². The van der Waals surface area contributed by atoms with Gasteiger partial charge in [0.1, 0.15) is 5.75 Å². The van der Waals surface area contributed by atoms with Gasteiger partial charge in [0.2, 0.25) is 5.91 Å². The lowest BCUT2D eigenvalue weighted by Crippen LogP contribution is -2.29. The molecule has 0 aliphatic carbocycles. The molecule has 3 nitrogen and oxygen atoms in total. The Bertz CT molecular complexity index is 738. The van der Waals surface area contributed by atoms with Crippen LogP contribution in [-0.4, -0.2) is 18.8 Å². The van der Waals surface area contributed by atoms with E-state index >= 15 is 0 Å². The van der Waals surface area contributed by atoms with E-state index in [9.17, 15) is 4.79 Å². The van der Waals surface area contributed by atoms with Crippen LogP contribution in [0, 0.1) is 20.8 Å². The van der Waals surface area contributed by atoms with Crippen LogP contribution in [0.4, 0.5) is 0 Å². The van der Waals surface area contributed by atoms with Gasteiger partial charge in [-0.3, -0.25) is 4.79 Å². The van der Waals surface area contributed by atoms with Gasteiger partial charge in [-0.25, -0.2) is 0 Å². The zero-order chi connectivity index (χ0) is 19.1. The van der Waals surface area contributed by atoms with Crippen LogP contribution in [0.2, 0.25) is 0 Å². The van der Waals surface area contributed by atoms with Crippen LogP contribution in [0.3, 0.4) is 0 Å². The number of carbonyl (C=O) groups excluding carboxylic acids is 1. The predicted molar refractivity (Wildman–Crippen MR) is 111 cm³/mol. The number of nitrogens with one attached hydrogen (secondary N) is 1. The first-order valence-corrected chi connectivity index (χ1v) is 10.2. The molecule has 0 aromatic heterocycles. The molecule has 1 atom stereocenters. The molecule has 2 rings (SSSR count). The van der Waals surface area contributed by atoms with Crippen LogP contribution >= 0.6 is 11.8 Å². The van der Waals surface area contributed by atoms with Crippen LogP contribution in [-0.2, 0) is 10.5 Å². The zero-order valence-corrected chi connectivity index (χ0v) is 17.2. The Morgan fingerprint density at radius 3 is 2.38 bits per heavy atom. The number of rotatable bonds is 8. The summed E-state index contributed by atoms with van der Waals surface area (Å²) in [6, 6.07) is 12.7. The molecule has 2 aromatic carbocycles. The molecule has 0 fully saturated rings. The Morgan fingerprint density at radius 1 is 1.12 bits per heavy atom. The summed E-state index contributed by atoms with van der Waals surface area (Å²) in [6.07, 6.45) is 0.860. The lowest BCUT2D eigenvalue weighted by molar-refractivity contribution is -0.119. The Labute approximate surface area is 161 Å². The van der Waals surface area contributed by atoms with E-state index in [1.165, 1.54) is 16.7 Å². The largest absolute Gasteiger partial charge is 0.496 e. The fourth-order valence-electron chi connectivity index (χ4n) is 3.19. The van der Waals surface area contributed by atoms with Gasteiger partial charge in [0, 0.05) is 5.75 Å². The first kappa shape index (κ1) is 20.4. The number of methoxy groups -OCH3 is 1. The maximum atomic E-state index is 12.4. The smallest absolute Gasteiger partial charge is 0.230 e. The average molecular weight is 372 g/mol. The van der Waals surface area contributed by atoms with Crippen molar-refractivity contribution in [2.45, 2.75) is 45.9 Å². The van der Waals surface area contributed by atoms with E-state index in [1.807, 2.05) is 19.1 Å². The van der Waals surface area contributed by atoms with Crippen LogP contribution < -0.4 is 10.1 Å². The standard InChI is InChI=1S/C22H29NO2S/c1-6-20(19-7-8-21(25-5)17(4)12-19)23-22(24)14-26-13-18-10-15(2)9-16(3)11-18/h7-12,20H,6,13-14H2,1-5H3,(H,23,24). The minimum absolute atomic E-state index is 0.0360. The summed E-state index contributed by atoms with van der Waals surface area (Å²) in [5, 5.41) is 3.16. The average Bonchev–Trinajstić information content (AvgIpc) is 2.58. The second-order valence-corrected chi connectivity index (χ2v) is 7.73. The molecule has 140 valence electrons. The van der Waals surface area contributed by atoms with E-state index in [-0.39, 0.29) is 11.9 Å². The molecule has 0 aliphatic heterocycles. The predicted octanol–water partition coefficient (Wildman–Crippen LogP) is 5.12. The van der Waals surface area contributed by atoms with E-state index < -0.39 is 0 Å². The quantitative estimate of drug-likeness (QED) is 0.700. The Balaban J connectivity index is 1.89. The highest BCUT2D eigenvalue weighted by atomic mass is 32.2. The van der Waals surface area contributed by atoms with Crippen LogP contribution in [0.15, 0.2) is 36.4 Å². The molecule has 0 spiro atoms. The van der Waals surface area contributed by atoms with E-state index in [0.717, 1.165) is 29.1 Å². The molecule has 2 aromatic rings. The first-order valence-electron chi connectivity index (χ1n) is 9.01. The van der Waals surface area contributed by atoms with Gasteiger partial charge in [0.05, 0.1) is 18.9 Å². The van der Waals surface area contributed by atoms with E-state index in [1.54, 1.807) is 18.9 Å². The first-order chi connectivity index (χ1) is 12.4. The second kappa shape index (κ2) is 9.67. The van der Waals surface area contributed by atoms with Gasteiger partial charge in [-0.05, 0) is 49.9 Å².